The first-order valence-corrected chi connectivity index (χ1v) is 11.7. The number of carbonyl (C=O) groups is 1. The molecule has 1 N–H and O–H groups in total. The number of hydrogen-bond acceptors (Lipinski definition) is 7. The van der Waals surface area contributed by atoms with Crippen LogP contribution in [0.4, 0.5) is 11.4 Å². The topological polar surface area (TPSA) is 103 Å². The van der Waals surface area contributed by atoms with Crippen molar-refractivity contribution in [1.82, 2.24) is 4.90 Å². The summed E-state index contributed by atoms with van der Waals surface area (Å²) in [7, 11) is 1.57. The highest BCUT2D eigenvalue weighted by molar-refractivity contribution is 5.96. The molecule has 1 saturated carbocycles. The molecule has 9 nitrogen and oxygen atoms in total. The molecule has 2 aromatic carbocycles. The summed E-state index contributed by atoms with van der Waals surface area (Å²) in [6, 6.07) is 8.76. The lowest BCUT2D eigenvalue weighted by molar-refractivity contribution is -0.384. The second-order valence-electron chi connectivity index (χ2n) is 9.21. The molecule has 3 aliphatic rings. The van der Waals surface area contributed by atoms with Crippen molar-refractivity contribution < 1.29 is 23.9 Å². The molecule has 0 aromatic heterocycles. The Kier molecular flexibility index (Phi) is 6.03. The van der Waals surface area contributed by atoms with Gasteiger partial charge in [-0.2, -0.15) is 0 Å². The fourth-order valence-corrected chi connectivity index (χ4v) is 5.53. The molecule has 1 fully saturated rings. The molecule has 1 amide bonds. The zero-order chi connectivity index (χ0) is 23.7. The van der Waals surface area contributed by atoms with Crippen LogP contribution in [0.15, 0.2) is 30.3 Å². The molecule has 0 atom stereocenters. The molecule has 180 valence electrons. The van der Waals surface area contributed by atoms with E-state index in [0.29, 0.717) is 50.7 Å². The van der Waals surface area contributed by atoms with Gasteiger partial charge in [0.15, 0.2) is 11.5 Å². The maximum Gasteiger partial charge on any atom is 0.293 e. The summed E-state index contributed by atoms with van der Waals surface area (Å²) in [4.78, 5) is 26.7. The van der Waals surface area contributed by atoms with Gasteiger partial charge in [0.2, 0.25) is 0 Å². The number of rotatable bonds is 6. The van der Waals surface area contributed by atoms with E-state index in [4.69, 9.17) is 14.2 Å². The fraction of sp³-hybridized carbons (Fsp3) is 0.480. The number of nitro groups is 1. The maximum absolute atomic E-state index is 13.6. The average molecular weight is 468 g/mol. The number of nitrogens with one attached hydrogen (secondary N) is 1. The van der Waals surface area contributed by atoms with Crippen LogP contribution in [0.1, 0.15) is 47.2 Å². The number of carbonyl (C=O) groups excluding carboxylic acids is 1. The molecule has 1 spiro atoms. The molecule has 0 radical (unpaired) electrons. The molecule has 9 heteroatoms. The number of hydrogen-bond donors (Lipinski definition) is 1. The zero-order valence-electron chi connectivity index (χ0n) is 19.3. The van der Waals surface area contributed by atoms with E-state index >= 15 is 0 Å². The lowest BCUT2D eigenvalue weighted by Gasteiger charge is -2.43. The van der Waals surface area contributed by atoms with Crippen LogP contribution in [-0.4, -0.2) is 55.8 Å². The van der Waals surface area contributed by atoms with Crippen molar-refractivity contribution in [3.63, 3.8) is 0 Å². The predicted molar refractivity (Wildman–Crippen MR) is 126 cm³/mol. The van der Waals surface area contributed by atoms with Crippen LogP contribution in [0.5, 0.6) is 11.5 Å². The highest BCUT2D eigenvalue weighted by atomic mass is 16.6. The molecule has 0 unspecified atom stereocenters. The van der Waals surface area contributed by atoms with Crippen molar-refractivity contribution >= 4 is 17.3 Å². The predicted octanol–water partition coefficient (Wildman–Crippen LogP) is 3.89. The van der Waals surface area contributed by atoms with Crippen molar-refractivity contribution in [3.8, 4) is 11.5 Å². The third-order valence-electron chi connectivity index (χ3n) is 7.10. The van der Waals surface area contributed by atoms with Crippen molar-refractivity contribution in [3.05, 3.63) is 57.1 Å². The van der Waals surface area contributed by atoms with E-state index < -0.39 is 4.92 Å². The summed E-state index contributed by atoms with van der Waals surface area (Å²) in [6.45, 7) is 2.94. The Balaban J connectivity index is 1.46. The SMILES string of the molecule is COCCNc1ccc(C(=O)N2Cc3cc4c(cc3C3(CCCC3)C2)OCCO4)cc1[N+](=O)[O-]. The fourth-order valence-electron chi connectivity index (χ4n) is 5.53. The van der Waals surface area contributed by atoms with Gasteiger partial charge in [-0.25, -0.2) is 0 Å². The Morgan fingerprint density at radius 1 is 1.18 bits per heavy atom. The third kappa shape index (κ3) is 4.04. The van der Waals surface area contributed by atoms with Crippen molar-refractivity contribution in [2.75, 3.05) is 45.3 Å². The van der Waals surface area contributed by atoms with Gasteiger partial charge in [-0.1, -0.05) is 12.8 Å². The van der Waals surface area contributed by atoms with Crippen molar-refractivity contribution in [1.29, 1.82) is 0 Å². The van der Waals surface area contributed by atoms with Crippen LogP contribution >= 0.6 is 0 Å². The molecule has 2 aliphatic heterocycles. The highest BCUT2D eigenvalue weighted by Crippen LogP contribution is 2.49. The number of methoxy groups -OCH3 is 1. The zero-order valence-corrected chi connectivity index (χ0v) is 19.3. The van der Waals surface area contributed by atoms with Crippen LogP contribution in [0.25, 0.3) is 0 Å². The van der Waals surface area contributed by atoms with Gasteiger partial charge >= 0.3 is 0 Å². The van der Waals surface area contributed by atoms with E-state index in [2.05, 4.69) is 11.4 Å². The van der Waals surface area contributed by atoms with E-state index in [1.54, 1.807) is 19.2 Å². The van der Waals surface area contributed by atoms with Gasteiger partial charge in [0, 0.05) is 43.8 Å². The van der Waals surface area contributed by atoms with Gasteiger partial charge < -0.3 is 24.4 Å². The van der Waals surface area contributed by atoms with E-state index in [1.807, 2.05) is 11.0 Å². The summed E-state index contributed by atoms with van der Waals surface area (Å²) in [5.74, 6) is 1.30. The van der Waals surface area contributed by atoms with Crippen LogP contribution < -0.4 is 14.8 Å². The van der Waals surface area contributed by atoms with E-state index in [0.717, 1.165) is 42.7 Å². The van der Waals surface area contributed by atoms with Gasteiger partial charge in [-0.3, -0.25) is 14.9 Å². The van der Waals surface area contributed by atoms with Gasteiger partial charge in [0.1, 0.15) is 18.9 Å². The Morgan fingerprint density at radius 3 is 2.62 bits per heavy atom. The highest BCUT2D eigenvalue weighted by Gasteiger charge is 2.44. The van der Waals surface area contributed by atoms with Gasteiger partial charge in [0.05, 0.1) is 11.5 Å². The molecular weight excluding hydrogens is 438 g/mol. The van der Waals surface area contributed by atoms with Crippen LogP contribution in [0, 0.1) is 10.1 Å². The quantitative estimate of drug-likeness (QED) is 0.390. The summed E-state index contributed by atoms with van der Waals surface area (Å²) < 4.78 is 16.6. The molecule has 0 bridgehead atoms. The first-order chi connectivity index (χ1) is 16.5. The standard InChI is InChI=1S/C25H29N3O6/c1-32-9-8-26-20-5-4-17(12-21(20)28(30)31)24(29)27-15-18-13-22-23(34-11-10-33-22)14-19(18)25(16-27)6-2-3-7-25/h4-5,12-14,26H,2-3,6-11,15-16H2,1H3. The number of anilines is 1. The molecule has 0 saturated heterocycles. The number of amides is 1. The maximum atomic E-state index is 13.6. The first kappa shape index (κ1) is 22.5. The van der Waals surface area contributed by atoms with Crippen LogP contribution in [-0.2, 0) is 16.7 Å². The Morgan fingerprint density at radius 2 is 1.91 bits per heavy atom. The first-order valence-electron chi connectivity index (χ1n) is 11.7. The number of benzene rings is 2. The van der Waals surface area contributed by atoms with E-state index in [1.165, 1.54) is 11.6 Å². The second kappa shape index (κ2) is 9.13. The summed E-state index contributed by atoms with van der Waals surface area (Å²) >= 11 is 0. The van der Waals surface area contributed by atoms with Crippen LogP contribution in [0.2, 0.25) is 0 Å². The minimum Gasteiger partial charge on any atom is -0.486 e. The lowest BCUT2D eigenvalue weighted by atomic mass is 9.73. The Labute approximate surface area is 198 Å². The molecule has 2 aromatic rings. The number of ether oxygens (including phenoxy) is 3. The number of nitro benzene ring substituents is 1. The van der Waals surface area contributed by atoms with Gasteiger partial charge in [0.25, 0.3) is 11.6 Å². The second-order valence-corrected chi connectivity index (χ2v) is 9.21. The number of nitrogens with zero attached hydrogens (tertiary/aromatic N) is 2. The molecule has 2 heterocycles. The van der Waals surface area contributed by atoms with Crippen LogP contribution in [0.3, 0.4) is 0 Å². The summed E-state index contributed by atoms with van der Waals surface area (Å²) in [5, 5.41) is 14.7. The Bertz CT molecular complexity index is 1110. The largest absolute Gasteiger partial charge is 0.486 e. The van der Waals surface area contributed by atoms with E-state index in [9.17, 15) is 14.9 Å². The molecule has 34 heavy (non-hydrogen) atoms. The minimum absolute atomic E-state index is 0.116. The lowest BCUT2D eigenvalue weighted by Crippen LogP contribution is -2.46. The normalized spacial score (nSPS) is 18.0. The molecule has 1 aliphatic carbocycles. The van der Waals surface area contributed by atoms with E-state index in [-0.39, 0.29) is 17.0 Å². The molecule has 5 rings (SSSR count). The summed E-state index contributed by atoms with van der Waals surface area (Å²) in [5.41, 5.74) is 2.78. The average Bonchev–Trinajstić information content (AvgIpc) is 3.31. The Hall–Kier alpha value is -3.33. The van der Waals surface area contributed by atoms with Crippen molar-refractivity contribution in [2.45, 2.75) is 37.6 Å². The van der Waals surface area contributed by atoms with Crippen molar-refractivity contribution in [2.24, 2.45) is 0 Å². The monoisotopic (exact) mass is 467 g/mol. The minimum atomic E-state index is -0.459. The number of fused-ring (bicyclic) bond motifs is 3. The molecular formula is C25H29N3O6. The third-order valence-corrected chi connectivity index (χ3v) is 7.10. The van der Waals surface area contributed by atoms with Gasteiger partial charge in [-0.15, -0.1) is 0 Å². The smallest absolute Gasteiger partial charge is 0.293 e. The summed E-state index contributed by atoms with van der Waals surface area (Å²) in [6.07, 6.45) is 4.24. The van der Waals surface area contributed by atoms with Gasteiger partial charge in [-0.05, 0) is 48.2 Å².